The molecule has 1 aromatic rings. The Morgan fingerprint density at radius 1 is 1.39 bits per heavy atom. The lowest BCUT2D eigenvalue weighted by Gasteiger charge is -2.12. The molecule has 0 aromatic heterocycles. The molecule has 0 heterocycles. The Morgan fingerprint density at radius 2 is 2.06 bits per heavy atom. The maximum absolute atomic E-state index is 13.0. The highest BCUT2D eigenvalue weighted by molar-refractivity contribution is 7.89. The van der Waals surface area contributed by atoms with Gasteiger partial charge in [0.2, 0.25) is 10.0 Å². The second-order valence-electron chi connectivity index (χ2n) is 3.71. The second-order valence-corrected chi connectivity index (χ2v) is 5.42. The van der Waals surface area contributed by atoms with Gasteiger partial charge in [0.25, 0.3) is 0 Å². The van der Waals surface area contributed by atoms with Crippen LogP contribution in [0, 0.1) is 24.0 Å². The first-order valence-corrected chi connectivity index (χ1v) is 6.82. The summed E-state index contributed by atoms with van der Waals surface area (Å²) < 4.78 is 51.6. The van der Waals surface area contributed by atoms with E-state index in [-0.39, 0.29) is 4.90 Å². The van der Waals surface area contributed by atoms with E-state index in [1.807, 2.05) is 6.92 Å². The molecule has 1 unspecified atom stereocenters. The fourth-order valence-electron chi connectivity index (χ4n) is 1.36. The topological polar surface area (TPSA) is 46.2 Å². The first kappa shape index (κ1) is 14.6. The number of benzene rings is 1. The van der Waals surface area contributed by atoms with E-state index in [1.165, 1.54) is 0 Å². The van der Waals surface area contributed by atoms with Crippen LogP contribution in [0.3, 0.4) is 0 Å². The SMILES string of the molecule is C#CC(CCC)NS(=O)(=O)c1ccc(F)c(F)c1. The van der Waals surface area contributed by atoms with Crippen LogP contribution in [0.2, 0.25) is 0 Å². The van der Waals surface area contributed by atoms with Crippen LogP contribution in [0.1, 0.15) is 19.8 Å². The van der Waals surface area contributed by atoms with Gasteiger partial charge in [0.05, 0.1) is 10.9 Å². The Balaban J connectivity index is 2.99. The lowest BCUT2D eigenvalue weighted by Crippen LogP contribution is -2.33. The fraction of sp³-hybridized carbons (Fsp3) is 0.333. The summed E-state index contributed by atoms with van der Waals surface area (Å²) in [5.41, 5.74) is 0. The molecule has 18 heavy (non-hydrogen) atoms. The van der Waals surface area contributed by atoms with Crippen LogP contribution in [0.15, 0.2) is 23.1 Å². The van der Waals surface area contributed by atoms with Crippen molar-refractivity contribution in [3.63, 3.8) is 0 Å². The van der Waals surface area contributed by atoms with Gasteiger partial charge in [-0.05, 0) is 24.6 Å². The molecule has 0 aliphatic carbocycles. The lowest BCUT2D eigenvalue weighted by molar-refractivity contribution is 0.503. The largest absolute Gasteiger partial charge is 0.241 e. The van der Waals surface area contributed by atoms with Crippen LogP contribution >= 0.6 is 0 Å². The number of sulfonamides is 1. The molecule has 0 radical (unpaired) electrons. The summed E-state index contributed by atoms with van der Waals surface area (Å²) in [6.45, 7) is 1.86. The minimum atomic E-state index is -3.93. The summed E-state index contributed by atoms with van der Waals surface area (Å²) in [5.74, 6) is -0.0212. The van der Waals surface area contributed by atoms with Gasteiger partial charge in [-0.25, -0.2) is 17.2 Å². The smallest absolute Gasteiger partial charge is 0.207 e. The highest BCUT2D eigenvalue weighted by atomic mass is 32.2. The van der Waals surface area contributed by atoms with Crippen molar-refractivity contribution in [1.82, 2.24) is 4.72 Å². The molecule has 3 nitrogen and oxygen atoms in total. The molecule has 0 fully saturated rings. The van der Waals surface area contributed by atoms with E-state index in [2.05, 4.69) is 10.6 Å². The van der Waals surface area contributed by atoms with Crippen LogP contribution in [-0.4, -0.2) is 14.5 Å². The van der Waals surface area contributed by atoms with E-state index in [1.54, 1.807) is 0 Å². The molecule has 1 aromatic carbocycles. The van der Waals surface area contributed by atoms with Crippen LogP contribution in [-0.2, 0) is 10.0 Å². The molecule has 98 valence electrons. The summed E-state index contributed by atoms with van der Waals surface area (Å²) in [7, 11) is -3.93. The highest BCUT2D eigenvalue weighted by Crippen LogP contribution is 2.14. The first-order valence-electron chi connectivity index (χ1n) is 5.34. The van der Waals surface area contributed by atoms with Crippen LogP contribution < -0.4 is 4.72 Å². The Labute approximate surface area is 105 Å². The van der Waals surface area contributed by atoms with Crippen molar-refractivity contribution < 1.29 is 17.2 Å². The van der Waals surface area contributed by atoms with Crippen molar-refractivity contribution in [2.24, 2.45) is 0 Å². The van der Waals surface area contributed by atoms with Crippen molar-refractivity contribution in [3.05, 3.63) is 29.8 Å². The third-order valence-electron chi connectivity index (χ3n) is 2.28. The molecule has 6 heteroatoms. The first-order chi connectivity index (χ1) is 8.40. The van der Waals surface area contributed by atoms with Crippen molar-refractivity contribution >= 4 is 10.0 Å². The average molecular weight is 273 g/mol. The summed E-state index contributed by atoms with van der Waals surface area (Å²) in [5, 5.41) is 0. The molecule has 0 saturated heterocycles. The molecule has 0 spiro atoms. The van der Waals surface area contributed by atoms with Crippen molar-refractivity contribution in [2.75, 3.05) is 0 Å². The quantitative estimate of drug-likeness (QED) is 0.835. The summed E-state index contributed by atoms with van der Waals surface area (Å²) in [6.07, 6.45) is 6.36. The number of hydrogen-bond acceptors (Lipinski definition) is 2. The van der Waals surface area contributed by atoms with E-state index < -0.39 is 27.7 Å². The molecule has 0 aliphatic heterocycles. The predicted molar refractivity (Wildman–Crippen MR) is 64.2 cm³/mol. The fourth-order valence-corrected chi connectivity index (χ4v) is 2.57. The van der Waals surface area contributed by atoms with Gasteiger partial charge in [-0.2, -0.15) is 4.72 Å². The zero-order valence-electron chi connectivity index (χ0n) is 9.78. The number of halogens is 2. The van der Waals surface area contributed by atoms with Crippen LogP contribution in [0.5, 0.6) is 0 Å². The van der Waals surface area contributed by atoms with Gasteiger partial charge in [-0.15, -0.1) is 6.42 Å². The van der Waals surface area contributed by atoms with Gasteiger partial charge in [-0.3, -0.25) is 0 Å². The van der Waals surface area contributed by atoms with Gasteiger partial charge < -0.3 is 0 Å². The lowest BCUT2D eigenvalue weighted by atomic mass is 10.2. The molecule has 0 amide bonds. The molecular weight excluding hydrogens is 260 g/mol. The molecule has 0 aliphatic rings. The number of terminal acetylenes is 1. The summed E-state index contributed by atoms with van der Waals surface area (Å²) in [4.78, 5) is -0.349. The Hall–Kier alpha value is -1.45. The van der Waals surface area contributed by atoms with E-state index in [4.69, 9.17) is 6.42 Å². The zero-order chi connectivity index (χ0) is 13.8. The minimum absolute atomic E-state index is 0.349. The third kappa shape index (κ3) is 3.52. The van der Waals surface area contributed by atoms with E-state index in [0.717, 1.165) is 12.1 Å². The standard InChI is InChI=1S/C12H13F2NO2S/c1-3-5-9(4-2)15-18(16,17)10-6-7-11(13)12(14)8-10/h2,6-9,15H,3,5H2,1H3. The van der Waals surface area contributed by atoms with Gasteiger partial charge in [0, 0.05) is 0 Å². The number of hydrogen-bond donors (Lipinski definition) is 1. The van der Waals surface area contributed by atoms with E-state index in [9.17, 15) is 17.2 Å². The number of rotatable bonds is 5. The van der Waals surface area contributed by atoms with Crippen molar-refractivity contribution in [3.8, 4) is 12.3 Å². The maximum Gasteiger partial charge on any atom is 0.241 e. The Bertz CT molecular complexity index is 564. The molecule has 1 rings (SSSR count). The molecule has 1 atom stereocenters. The van der Waals surface area contributed by atoms with Gasteiger partial charge in [0.15, 0.2) is 11.6 Å². The third-order valence-corrected chi connectivity index (χ3v) is 3.75. The average Bonchev–Trinajstić information content (AvgIpc) is 2.31. The normalized spacial score (nSPS) is 13.0. The molecule has 1 N–H and O–H groups in total. The predicted octanol–water partition coefficient (Wildman–Crippen LogP) is 2.04. The minimum Gasteiger partial charge on any atom is -0.207 e. The Morgan fingerprint density at radius 3 is 2.56 bits per heavy atom. The molecule has 0 saturated carbocycles. The number of nitrogens with one attached hydrogen (secondary N) is 1. The molecular formula is C12H13F2NO2S. The molecule has 0 bridgehead atoms. The summed E-state index contributed by atoms with van der Waals surface area (Å²) >= 11 is 0. The van der Waals surface area contributed by atoms with E-state index >= 15 is 0 Å². The summed E-state index contributed by atoms with van der Waals surface area (Å²) in [6, 6.07) is 1.71. The monoisotopic (exact) mass is 273 g/mol. The highest BCUT2D eigenvalue weighted by Gasteiger charge is 2.19. The Kier molecular flexibility index (Phi) is 4.82. The zero-order valence-corrected chi connectivity index (χ0v) is 10.6. The van der Waals surface area contributed by atoms with Crippen molar-refractivity contribution in [2.45, 2.75) is 30.7 Å². The van der Waals surface area contributed by atoms with E-state index in [0.29, 0.717) is 18.9 Å². The van der Waals surface area contributed by atoms with Gasteiger partial charge in [0.1, 0.15) is 0 Å². The van der Waals surface area contributed by atoms with Gasteiger partial charge in [-0.1, -0.05) is 19.3 Å². The van der Waals surface area contributed by atoms with Crippen LogP contribution in [0.25, 0.3) is 0 Å². The second kappa shape index (κ2) is 5.94. The maximum atomic E-state index is 13.0. The van der Waals surface area contributed by atoms with Crippen molar-refractivity contribution in [1.29, 1.82) is 0 Å². The van der Waals surface area contributed by atoms with Crippen LogP contribution in [0.4, 0.5) is 8.78 Å². The van der Waals surface area contributed by atoms with Gasteiger partial charge >= 0.3 is 0 Å².